The number of carbonyl (C=O) groups excluding carboxylic acids is 2. The van der Waals surface area contributed by atoms with Gasteiger partial charge in [-0.1, -0.05) is 13.8 Å². The molecular weight excluding hydrogens is 395 g/mol. The van der Waals surface area contributed by atoms with Crippen LogP contribution in [0.4, 0.5) is 10.1 Å². The number of benzene rings is 1. The van der Waals surface area contributed by atoms with Crippen LogP contribution in [0.2, 0.25) is 0 Å². The molecule has 1 saturated heterocycles. The van der Waals surface area contributed by atoms with Gasteiger partial charge >= 0.3 is 0 Å². The van der Waals surface area contributed by atoms with E-state index in [-0.39, 0.29) is 29.6 Å². The van der Waals surface area contributed by atoms with Crippen LogP contribution in [-0.2, 0) is 9.59 Å². The van der Waals surface area contributed by atoms with E-state index in [1.165, 1.54) is 12.1 Å². The van der Waals surface area contributed by atoms with E-state index in [1.807, 2.05) is 18.0 Å². The van der Waals surface area contributed by atoms with Crippen molar-refractivity contribution >= 4 is 23.1 Å². The molecule has 4 rings (SSSR count). The van der Waals surface area contributed by atoms with E-state index < -0.39 is 0 Å². The number of nitrogens with one attached hydrogen (secondary N) is 1. The third kappa shape index (κ3) is 4.11. The average Bonchev–Trinajstić information content (AvgIpc) is 3.17. The van der Waals surface area contributed by atoms with Crippen molar-refractivity contribution in [3.05, 3.63) is 47.4 Å². The van der Waals surface area contributed by atoms with Crippen LogP contribution >= 0.6 is 0 Å². The molecular formula is C24H31FN4O2. The number of fused-ring (bicyclic) bond motifs is 2. The first-order chi connectivity index (χ1) is 14.9. The number of anilines is 1. The molecule has 2 atom stereocenters. The zero-order valence-electron chi connectivity index (χ0n) is 18.5. The van der Waals surface area contributed by atoms with E-state index in [1.54, 1.807) is 12.1 Å². The number of rotatable bonds is 6. The first-order valence-corrected chi connectivity index (χ1v) is 11.2. The summed E-state index contributed by atoms with van der Waals surface area (Å²) in [6.45, 7) is 8.66. The summed E-state index contributed by atoms with van der Waals surface area (Å²) in [5.74, 6) is -0.669. The number of likely N-dealkylation sites (N-methyl/N-ethyl adjacent to an activating group) is 2. The van der Waals surface area contributed by atoms with Crippen LogP contribution in [0.3, 0.4) is 0 Å². The summed E-state index contributed by atoms with van der Waals surface area (Å²) in [5.41, 5.74) is 2.47. The number of hydrogen-bond acceptors (Lipinski definition) is 4. The van der Waals surface area contributed by atoms with Crippen LogP contribution in [0.1, 0.15) is 32.3 Å². The fourth-order valence-corrected chi connectivity index (χ4v) is 4.89. The molecule has 31 heavy (non-hydrogen) atoms. The summed E-state index contributed by atoms with van der Waals surface area (Å²) < 4.78 is 13.8. The van der Waals surface area contributed by atoms with Crippen molar-refractivity contribution in [3.63, 3.8) is 0 Å². The molecule has 3 aliphatic heterocycles. The minimum absolute atomic E-state index is 0.0919. The normalized spacial score (nSPS) is 24.4. The lowest BCUT2D eigenvalue weighted by Crippen LogP contribution is -2.42. The number of amides is 2. The molecule has 0 bridgehead atoms. The van der Waals surface area contributed by atoms with Gasteiger partial charge in [0, 0.05) is 49.7 Å². The van der Waals surface area contributed by atoms with Gasteiger partial charge in [0.1, 0.15) is 5.82 Å². The number of allylic oxidation sites excluding steroid dienone is 1. The maximum absolute atomic E-state index is 13.8. The number of nitrogens with zero attached hydrogens (tertiary/aromatic N) is 3. The Bertz CT molecular complexity index is 938. The number of hydrogen-bond donors (Lipinski definition) is 1. The van der Waals surface area contributed by atoms with Gasteiger partial charge in [0.25, 0.3) is 5.91 Å². The zero-order chi connectivity index (χ0) is 22.1. The molecule has 3 heterocycles. The largest absolute Gasteiger partial charge is 0.371 e. The number of carbonyl (C=O) groups is 2. The van der Waals surface area contributed by atoms with Gasteiger partial charge in [-0.25, -0.2) is 4.39 Å². The van der Waals surface area contributed by atoms with Crippen LogP contribution in [-0.4, -0.2) is 72.3 Å². The molecule has 0 spiro atoms. The Hall–Kier alpha value is -2.67. The fraction of sp³-hybridized carbons (Fsp3) is 0.500. The van der Waals surface area contributed by atoms with E-state index in [4.69, 9.17) is 0 Å². The van der Waals surface area contributed by atoms with E-state index >= 15 is 0 Å². The summed E-state index contributed by atoms with van der Waals surface area (Å²) in [5, 5.41) is 2.79. The second-order valence-electron chi connectivity index (χ2n) is 8.49. The highest BCUT2D eigenvalue weighted by Gasteiger charge is 2.40. The van der Waals surface area contributed by atoms with Gasteiger partial charge in [-0.2, -0.15) is 0 Å². The van der Waals surface area contributed by atoms with Crippen LogP contribution in [0.5, 0.6) is 0 Å². The van der Waals surface area contributed by atoms with Crippen molar-refractivity contribution < 1.29 is 14.0 Å². The van der Waals surface area contributed by atoms with E-state index in [0.29, 0.717) is 16.8 Å². The van der Waals surface area contributed by atoms with Crippen molar-refractivity contribution in [1.82, 2.24) is 14.7 Å². The van der Waals surface area contributed by atoms with Crippen molar-refractivity contribution in [3.8, 4) is 0 Å². The molecule has 0 aliphatic carbocycles. The summed E-state index contributed by atoms with van der Waals surface area (Å²) in [4.78, 5) is 32.3. The quantitative estimate of drug-likeness (QED) is 0.711. The molecule has 2 unspecified atom stereocenters. The Labute approximate surface area is 183 Å². The molecule has 1 aromatic rings. The van der Waals surface area contributed by atoms with E-state index in [9.17, 15) is 14.0 Å². The van der Waals surface area contributed by atoms with Crippen LogP contribution < -0.4 is 5.32 Å². The van der Waals surface area contributed by atoms with Crippen LogP contribution in [0.15, 0.2) is 36.0 Å². The molecule has 0 aromatic heterocycles. The smallest absolute Gasteiger partial charge is 0.256 e. The third-order valence-electron chi connectivity index (χ3n) is 6.83. The number of halogens is 1. The van der Waals surface area contributed by atoms with Crippen molar-refractivity contribution in [1.29, 1.82) is 0 Å². The van der Waals surface area contributed by atoms with Gasteiger partial charge in [0.05, 0.1) is 11.5 Å². The molecule has 1 fully saturated rings. The molecule has 7 heteroatoms. The van der Waals surface area contributed by atoms with Gasteiger partial charge in [0.15, 0.2) is 0 Å². The Morgan fingerprint density at radius 3 is 2.77 bits per heavy atom. The second kappa shape index (κ2) is 8.83. The highest BCUT2D eigenvalue weighted by molar-refractivity contribution is 6.31. The third-order valence-corrected chi connectivity index (χ3v) is 6.83. The topological polar surface area (TPSA) is 55.9 Å². The Kier molecular flexibility index (Phi) is 6.14. The minimum Gasteiger partial charge on any atom is -0.371 e. The van der Waals surface area contributed by atoms with Crippen molar-refractivity contribution in [2.24, 2.45) is 5.92 Å². The molecule has 0 radical (unpaired) electrons. The second-order valence-corrected chi connectivity index (χ2v) is 8.49. The first kappa shape index (κ1) is 21.6. The van der Waals surface area contributed by atoms with Gasteiger partial charge in [-0.05, 0) is 56.3 Å². The summed E-state index contributed by atoms with van der Waals surface area (Å²) in [6.07, 6.45) is 5.67. The zero-order valence-corrected chi connectivity index (χ0v) is 18.5. The number of likely N-dealkylation sites (tertiary alicyclic amines) is 1. The predicted octanol–water partition coefficient (Wildman–Crippen LogP) is 2.94. The van der Waals surface area contributed by atoms with Crippen molar-refractivity contribution in [2.45, 2.75) is 32.7 Å². The Balaban J connectivity index is 1.57. The Morgan fingerprint density at radius 1 is 1.26 bits per heavy atom. The summed E-state index contributed by atoms with van der Waals surface area (Å²) >= 11 is 0. The average molecular weight is 427 g/mol. The molecule has 166 valence electrons. The Morgan fingerprint density at radius 2 is 2.03 bits per heavy atom. The predicted molar refractivity (Wildman–Crippen MR) is 120 cm³/mol. The minimum atomic E-state index is -0.376. The van der Waals surface area contributed by atoms with Crippen molar-refractivity contribution in [2.75, 3.05) is 45.1 Å². The molecule has 2 amide bonds. The van der Waals surface area contributed by atoms with E-state index in [0.717, 1.165) is 51.3 Å². The maximum Gasteiger partial charge on any atom is 0.256 e. The SMILES string of the molecule is CCN(CC)CCN1CCCC2C(C=C(C=C3C(=O)Nc4ccc(F)cc43)N2C)C1=O. The van der Waals surface area contributed by atoms with Gasteiger partial charge in [-0.15, -0.1) is 0 Å². The molecule has 6 nitrogen and oxygen atoms in total. The molecule has 1 N–H and O–H groups in total. The standard InChI is InChI=1S/C24H31FN4O2/c1-4-28(5-2)11-12-29-10-6-7-22-20(24(29)31)15-17(27(22)3)14-19-18-13-16(25)8-9-21(18)26-23(19)30/h8-9,13-15,20,22H,4-7,10-12H2,1-3H3,(H,26,30). The highest BCUT2D eigenvalue weighted by Crippen LogP contribution is 2.37. The first-order valence-electron chi connectivity index (χ1n) is 11.2. The lowest BCUT2D eigenvalue weighted by Gasteiger charge is -2.28. The van der Waals surface area contributed by atoms with Gasteiger partial charge in [-0.3, -0.25) is 9.59 Å². The lowest BCUT2D eigenvalue weighted by molar-refractivity contribution is -0.134. The molecule has 0 saturated carbocycles. The maximum atomic E-state index is 13.8. The van der Waals surface area contributed by atoms with Gasteiger partial charge < -0.3 is 20.0 Å². The van der Waals surface area contributed by atoms with Gasteiger partial charge in [0.2, 0.25) is 5.91 Å². The molecule has 1 aromatic carbocycles. The monoisotopic (exact) mass is 426 g/mol. The lowest BCUT2D eigenvalue weighted by atomic mass is 9.98. The van der Waals surface area contributed by atoms with Crippen LogP contribution in [0.25, 0.3) is 5.57 Å². The molecule has 3 aliphatic rings. The van der Waals surface area contributed by atoms with Crippen LogP contribution in [0, 0.1) is 11.7 Å². The highest BCUT2D eigenvalue weighted by atomic mass is 19.1. The van der Waals surface area contributed by atoms with E-state index in [2.05, 4.69) is 29.0 Å². The summed E-state index contributed by atoms with van der Waals surface area (Å²) in [6, 6.07) is 4.39. The fourth-order valence-electron chi connectivity index (χ4n) is 4.89. The summed E-state index contributed by atoms with van der Waals surface area (Å²) in [7, 11) is 1.98.